The van der Waals surface area contributed by atoms with Crippen LogP contribution in [-0.2, 0) is 14.8 Å². The van der Waals surface area contributed by atoms with Crippen molar-refractivity contribution in [2.24, 2.45) is 5.92 Å². The fraction of sp³-hybridized carbons (Fsp3) is 0.500. The van der Waals surface area contributed by atoms with Crippen LogP contribution in [0.5, 0.6) is 5.75 Å². The summed E-state index contributed by atoms with van der Waals surface area (Å²) in [5.41, 5.74) is 0. The van der Waals surface area contributed by atoms with Gasteiger partial charge in [-0.2, -0.15) is 0 Å². The Morgan fingerprint density at radius 3 is 2.89 bits per heavy atom. The molecule has 0 amide bonds. The Hall–Kier alpha value is -1.11. The van der Waals surface area contributed by atoms with Gasteiger partial charge >= 0.3 is 0 Å². The summed E-state index contributed by atoms with van der Waals surface area (Å²) in [5.74, 6) is 0.146. The van der Waals surface area contributed by atoms with Gasteiger partial charge in [-0.15, -0.1) is 0 Å². The first kappa shape index (κ1) is 13.3. The third-order valence-electron chi connectivity index (χ3n) is 3.20. The molecule has 1 aliphatic rings. The quantitative estimate of drug-likeness (QED) is 0.859. The van der Waals surface area contributed by atoms with Crippen molar-refractivity contribution in [1.29, 1.82) is 0 Å². The van der Waals surface area contributed by atoms with Crippen LogP contribution < -0.4 is 4.72 Å². The zero-order valence-corrected chi connectivity index (χ0v) is 11.0. The van der Waals surface area contributed by atoms with Crippen LogP contribution in [0.2, 0.25) is 0 Å². The van der Waals surface area contributed by atoms with Crippen LogP contribution >= 0.6 is 0 Å². The lowest BCUT2D eigenvalue weighted by Gasteiger charge is -2.14. The number of rotatable bonds is 4. The first-order chi connectivity index (χ1) is 8.49. The Bertz CT molecular complexity index is 515. The van der Waals surface area contributed by atoms with E-state index in [-0.39, 0.29) is 22.7 Å². The van der Waals surface area contributed by atoms with Gasteiger partial charge in [0.15, 0.2) is 0 Å². The van der Waals surface area contributed by atoms with Crippen molar-refractivity contribution in [3.05, 3.63) is 24.3 Å². The number of phenols is 1. The smallest absolute Gasteiger partial charge is 0.240 e. The van der Waals surface area contributed by atoms with E-state index in [0.717, 1.165) is 6.42 Å². The fourth-order valence-electron chi connectivity index (χ4n) is 1.99. The lowest BCUT2D eigenvalue weighted by Crippen LogP contribution is -2.32. The number of benzene rings is 1. The molecule has 2 N–H and O–H groups in total. The van der Waals surface area contributed by atoms with Crippen molar-refractivity contribution in [2.45, 2.75) is 24.3 Å². The maximum absolute atomic E-state index is 12.0. The molecule has 1 heterocycles. The van der Waals surface area contributed by atoms with Crippen molar-refractivity contribution >= 4 is 10.0 Å². The van der Waals surface area contributed by atoms with Crippen LogP contribution in [0.1, 0.15) is 13.3 Å². The number of hydrogen-bond donors (Lipinski definition) is 2. The third kappa shape index (κ3) is 3.01. The summed E-state index contributed by atoms with van der Waals surface area (Å²) in [5, 5.41) is 9.29. The molecule has 100 valence electrons. The van der Waals surface area contributed by atoms with Crippen LogP contribution in [0, 0.1) is 5.92 Å². The van der Waals surface area contributed by atoms with Gasteiger partial charge in [0.2, 0.25) is 10.0 Å². The summed E-state index contributed by atoms with van der Waals surface area (Å²) in [6.07, 6.45) is 0.945. The third-order valence-corrected chi connectivity index (χ3v) is 4.62. The van der Waals surface area contributed by atoms with E-state index in [1.54, 1.807) is 0 Å². The predicted molar refractivity (Wildman–Crippen MR) is 66.8 cm³/mol. The van der Waals surface area contributed by atoms with E-state index in [9.17, 15) is 13.5 Å². The molecule has 2 unspecified atom stereocenters. The minimum atomic E-state index is -3.56. The summed E-state index contributed by atoms with van der Waals surface area (Å²) in [6.45, 7) is 2.99. The standard InChI is InChI=1S/C12H17NO4S/c1-9-10(5-6-17-9)8-13-18(15,16)12-4-2-3-11(14)7-12/h2-4,7,9-10,13-14H,5-6,8H2,1H3. The number of sulfonamides is 1. The highest BCUT2D eigenvalue weighted by molar-refractivity contribution is 7.89. The Balaban J connectivity index is 2.03. The molecule has 1 aromatic rings. The van der Waals surface area contributed by atoms with E-state index in [4.69, 9.17) is 4.74 Å². The Morgan fingerprint density at radius 2 is 2.28 bits per heavy atom. The maximum Gasteiger partial charge on any atom is 0.240 e. The number of hydrogen-bond acceptors (Lipinski definition) is 4. The summed E-state index contributed by atoms with van der Waals surface area (Å²) in [4.78, 5) is 0.0778. The van der Waals surface area contributed by atoms with Crippen LogP contribution in [0.15, 0.2) is 29.2 Å². The van der Waals surface area contributed by atoms with Gasteiger partial charge < -0.3 is 9.84 Å². The molecule has 6 heteroatoms. The van der Waals surface area contributed by atoms with E-state index < -0.39 is 10.0 Å². The molecule has 0 saturated carbocycles. The molecule has 0 aromatic heterocycles. The Labute approximate surface area is 107 Å². The van der Waals surface area contributed by atoms with Crippen molar-refractivity contribution in [2.75, 3.05) is 13.2 Å². The molecular weight excluding hydrogens is 254 g/mol. The highest BCUT2D eigenvalue weighted by Crippen LogP contribution is 2.21. The van der Waals surface area contributed by atoms with E-state index in [1.807, 2.05) is 6.92 Å². The zero-order valence-electron chi connectivity index (χ0n) is 10.2. The number of ether oxygens (including phenoxy) is 1. The second kappa shape index (κ2) is 5.26. The van der Waals surface area contributed by atoms with Gasteiger partial charge in [-0.3, -0.25) is 0 Å². The number of aromatic hydroxyl groups is 1. The van der Waals surface area contributed by atoms with Gasteiger partial charge in [0.1, 0.15) is 5.75 Å². The minimum Gasteiger partial charge on any atom is -0.508 e. The molecule has 0 bridgehead atoms. The van der Waals surface area contributed by atoms with Crippen LogP contribution in [0.3, 0.4) is 0 Å². The van der Waals surface area contributed by atoms with Gasteiger partial charge in [0.25, 0.3) is 0 Å². The van der Waals surface area contributed by atoms with E-state index >= 15 is 0 Å². The molecule has 1 fully saturated rings. The Morgan fingerprint density at radius 1 is 1.50 bits per heavy atom. The molecular formula is C12H17NO4S. The molecule has 0 radical (unpaired) electrons. The second-order valence-corrected chi connectivity index (χ2v) is 6.24. The van der Waals surface area contributed by atoms with Crippen LogP contribution in [0.25, 0.3) is 0 Å². The highest BCUT2D eigenvalue weighted by Gasteiger charge is 2.26. The molecule has 2 rings (SSSR count). The molecule has 1 aromatic carbocycles. The largest absolute Gasteiger partial charge is 0.508 e. The van der Waals surface area contributed by atoms with Gasteiger partial charge in [-0.05, 0) is 31.5 Å². The predicted octanol–water partition coefficient (Wildman–Crippen LogP) is 1.10. The first-order valence-corrected chi connectivity index (χ1v) is 7.37. The topological polar surface area (TPSA) is 75.6 Å². The van der Waals surface area contributed by atoms with E-state index in [0.29, 0.717) is 13.2 Å². The van der Waals surface area contributed by atoms with Gasteiger partial charge in [-0.1, -0.05) is 6.07 Å². The zero-order chi connectivity index (χ0) is 13.2. The average molecular weight is 271 g/mol. The monoisotopic (exact) mass is 271 g/mol. The summed E-state index contributed by atoms with van der Waals surface area (Å²) in [7, 11) is -3.56. The Kier molecular flexibility index (Phi) is 3.89. The molecule has 2 atom stereocenters. The highest BCUT2D eigenvalue weighted by atomic mass is 32.2. The maximum atomic E-state index is 12.0. The molecule has 0 aliphatic carbocycles. The van der Waals surface area contributed by atoms with E-state index in [2.05, 4.69) is 4.72 Å². The van der Waals surface area contributed by atoms with Crippen molar-refractivity contribution in [1.82, 2.24) is 4.72 Å². The molecule has 1 saturated heterocycles. The summed E-state index contributed by atoms with van der Waals surface area (Å²) in [6, 6.07) is 5.63. The van der Waals surface area contributed by atoms with Gasteiger partial charge in [-0.25, -0.2) is 13.1 Å². The van der Waals surface area contributed by atoms with Gasteiger partial charge in [0.05, 0.1) is 11.0 Å². The lowest BCUT2D eigenvalue weighted by molar-refractivity contribution is 0.107. The SMILES string of the molecule is CC1OCCC1CNS(=O)(=O)c1cccc(O)c1. The van der Waals surface area contributed by atoms with Crippen molar-refractivity contribution in [3.63, 3.8) is 0 Å². The van der Waals surface area contributed by atoms with E-state index in [1.165, 1.54) is 24.3 Å². The number of phenolic OH excluding ortho intramolecular Hbond substituents is 1. The molecule has 0 spiro atoms. The van der Waals surface area contributed by atoms with Crippen LogP contribution in [0.4, 0.5) is 0 Å². The first-order valence-electron chi connectivity index (χ1n) is 5.89. The average Bonchev–Trinajstić information content (AvgIpc) is 2.72. The molecule has 5 nitrogen and oxygen atoms in total. The van der Waals surface area contributed by atoms with Gasteiger partial charge in [0, 0.05) is 19.1 Å². The normalized spacial score (nSPS) is 24.3. The minimum absolute atomic E-state index is 0.0598. The summed E-state index contributed by atoms with van der Waals surface area (Å²) < 4.78 is 31.9. The van der Waals surface area contributed by atoms with Crippen molar-refractivity contribution < 1.29 is 18.3 Å². The van der Waals surface area contributed by atoms with Crippen molar-refractivity contribution in [3.8, 4) is 5.75 Å². The molecule has 18 heavy (non-hydrogen) atoms. The second-order valence-electron chi connectivity index (χ2n) is 4.47. The lowest BCUT2D eigenvalue weighted by atomic mass is 10.0. The summed E-state index contributed by atoms with van der Waals surface area (Å²) >= 11 is 0. The molecule has 1 aliphatic heterocycles. The number of nitrogens with one attached hydrogen (secondary N) is 1. The van der Waals surface area contributed by atoms with Crippen LogP contribution in [-0.4, -0.2) is 32.8 Å². The fourth-order valence-corrected chi connectivity index (χ4v) is 3.13.